The van der Waals surface area contributed by atoms with Crippen molar-refractivity contribution in [1.82, 2.24) is 20.2 Å². The number of carbonyl (C=O) groups excluding carboxylic acids is 1. The van der Waals surface area contributed by atoms with Crippen LogP contribution in [0.3, 0.4) is 0 Å². The van der Waals surface area contributed by atoms with Crippen molar-refractivity contribution in [3.8, 4) is 5.69 Å². The zero-order valence-electron chi connectivity index (χ0n) is 14.0. The van der Waals surface area contributed by atoms with Crippen molar-refractivity contribution >= 4 is 17.7 Å². The Bertz CT molecular complexity index is 851. The number of carbonyl (C=O) groups is 1. The van der Waals surface area contributed by atoms with Crippen LogP contribution < -0.4 is 0 Å². The molecule has 1 heterocycles. The molecule has 7 heteroatoms. The number of ether oxygens (including phenoxy) is 1. The minimum absolute atomic E-state index is 0.307. The summed E-state index contributed by atoms with van der Waals surface area (Å²) in [6.45, 7) is 4.11. The molecular weight excluding hydrogens is 336 g/mol. The normalized spacial score (nSPS) is 11.9. The van der Waals surface area contributed by atoms with Crippen molar-refractivity contribution in [2.75, 3.05) is 6.61 Å². The monoisotopic (exact) mass is 354 g/mol. The molecule has 0 saturated heterocycles. The highest BCUT2D eigenvalue weighted by Crippen LogP contribution is 2.35. The Morgan fingerprint density at radius 3 is 2.60 bits per heavy atom. The van der Waals surface area contributed by atoms with E-state index < -0.39 is 5.25 Å². The van der Waals surface area contributed by atoms with Crippen molar-refractivity contribution in [2.24, 2.45) is 0 Å². The molecule has 1 atom stereocenters. The van der Waals surface area contributed by atoms with Crippen LogP contribution in [0.2, 0.25) is 0 Å². The number of para-hydroxylation sites is 1. The van der Waals surface area contributed by atoms with Crippen molar-refractivity contribution in [3.05, 3.63) is 65.7 Å². The molecule has 0 aliphatic rings. The number of tetrazole rings is 1. The lowest BCUT2D eigenvalue weighted by molar-refractivity contribution is -0.142. The number of nitrogens with zero attached hydrogens (tertiary/aromatic N) is 4. The fourth-order valence-electron chi connectivity index (χ4n) is 2.41. The van der Waals surface area contributed by atoms with E-state index in [4.69, 9.17) is 4.74 Å². The summed E-state index contributed by atoms with van der Waals surface area (Å²) in [5.41, 5.74) is 2.78. The van der Waals surface area contributed by atoms with E-state index in [-0.39, 0.29) is 5.97 Å². The number of hydrogen-bond acceptors (Lipinski definition) is 6. The first-order valence-corrected chi connectivity index (χ1v) is 8.81. The van der Waals surface area contributed by atoms with Gasteiger partial charge in [0.25, 0.3) is 0 Å². The lowest BCUT2D eigenvalue weighted by atomic mass is 10.1. The van der Waals surface area contributed by atoms with Gasteiger partial charge in [-0.2, -0.15) is 4.68 Å². The summed E-state index contributed by atoms with van der Waals surface area (Å²) in [5.74, 6) is -0.307. The van der Waals surface area contributed by atoms with Crippen LogP contribution in [0, 0.1) is 6.92 Å². The number of benzene rings is 2. The Balaban J connectivity index is 1.95. The zero-order chi connectivity index (χ0) is 17.6. The van der Waals surface area contributed by atoms with Crippen molar-refractivity contribution < 1.29 is 9.53 Å². The number of rotatable bonds is 6. The van der Waals surface area contributed by atoms with Gasteiger partial charge in [-0.25, -0.2) is 0 Å². The predicted octanol–water partition coefficient (Wildman–Crippen LogP) is 3.37. The van der Waals surface area contributed by atoms with Gasteiger partial charge in [-0.15, -0.1) is 5.10 Å². The first kappa shape index (κ1) is 17.2. The highest BCUT2D eigenvalue weighted by molar-refractivity contribution is 8.00. The number of esters is 1. The quantitative estimate of drug-likeness (QED) is 0.499. The fourth-order valence-corrected chi connectivity index (χ4v) is 3.39. The van der Waals surface area contributed by atoms with E-state index in [2.05, 4.69) is 15.5 Å². The minimum Gasteiger partial charge on any atom is -0.465 e. The van der Waals surface area contributed by atoms with Gasteiger partial charge < -0.3 is 4.74 Å². The van der Waals surface area contributed by atoms with E-state index in [9.17, 15) is 4.79 Å². The summed E-state index contributed by atoms with van der Waals surface area (Å²) in [6, 6.07) is 17.3. The summed E-state index contributed by atoms with van der Waals surface area (Å²) in [7, 11) is 0. The van der Waals surface area contributed by atoms with Crippen LogP contribution in [-0.2, 0) is 9.53 Å². The summed E-state index contributed by atoms with van der Waals surface area (Å²) < 4.78 is 6.89. The standard InChI is InChI=1S/C18H18N4O2S/c1-3-24-17(23)16(14-10-5-4-6-11-14)25-18-19-20-21-22(18)15-12-8-7-9-13(15)2/h4-12,16H,3H2,1-2H3/t16-/m0/s1. The largest absolute Gasteiger partial charge is 0.465 e. The smallest absolute Gasteiger partial charge is 0.324 e. The maximum Gasteiger partial charge on any atom is 0.324 e. The zero-order valence-corrected chi connectivity index (χ0v) is 14.8. The van der Waals surface area contributed by atoms with Gasteiger partial charge in [0, 0.05) is 0 Å². The van der Waals surface area contributed by atoms with Crippen LogP contribution in [0.1, 0.15) is 23.3 Å². The molecule has 0 N–H and O–H groups in total. The molecule has 25 heavy (non-hydrogen) atoms. The number of aryl methyl sites for hydroxylation is 1. The molecule has 128 valence electrons. The lowest BCUT2D eigenvalue weighted by Crippen LogP contribution is -2.14. The van der Waals surface area contributed by atoms with Crippen LogP contribution in [0.15, 0.2) is 59.8 Å². The molecule has 2 aromatic carbocycles. The molecule has 3 aromatic rings. The summed E-state index contributed by atoms with van der Waals surface area (Å²) in [6.07, 6.45) is 0. The van der Waals surface area contributed by atoms with Gasteiger partial charge in [-0.1, -0.05) is 60.3 Å². The van der Waals surface area contributed by atoms with Crippen LogP contribution in [0.5, 0.6) is 0 Å². The van der Waals surface area contributed by atoms with E-state index in [1.165, 1.54) is 11.8 Å². The summed E-state index contributed by atoms with van der Waals surface area (Å²) in [4.78, 5) is 12.5. The van der Waals surface area contributed by atoms with Crippen LogP contribution in [0.4, 0.5) is 0 Å². The topological polar surface area (TPSA) is 69.9 Å². The molecule has 0 bridgehead atoms. The maximum absolute atomic E-state index is 12.5. The average molecular weight is 354 g/mol. The van der Waals surface area contributed by atoms with Gasteiger partial charge in [-0.05, 0) is 41.5 Å². The molecule has 0 aliphatic carbocycles. The third-order valence-corrected chi connectivity index (χ3v) is 4.78. The third kappa shape index (κ3) is 3.88. The molecular formula is C18H18N4O2S. The second kappa shape index (κ2) is 7.94. The van der Waals surface area contributed by atoms with Crippen molar-refractivity contribution in [2.45, 2.75) is 24.3 Å². The Hall–Kier alpha value is -2.67. The molecule has 6 nitrogen and oxygen atoms in total. The summed E-state index contributed by atoms with van der Waals surface area (Å²) >= 11 is 1.28. The van der Waals surface area contributed by atoms with Crippen LogP contribution in [0.25, 0.3) is 5.69 Å². The van der Waals surface area contributed by atoms with E-state index in [0.29, 0.717) is 11.8 Å². The number of aromatic nitrogens is 4. The maximum atomic E-state index is 12.5. The van der Waals surface area contributed by atoms with Crippen molar-refractivity contribution in [3.63, 3.8) is 0 Å². The predicted molar refractivity (Wildman–Crippen MR) is 95.6 cm³/mol. The fraction of sp³-hybridized carbons (Fsp3) is 0.222. The number of hydrogen-bond donors (Lipinski definition) is 0. The molecule has 0 radical (unpaired) electrons. The van der Waals surface area contributed by atoms with Gasteiger partial charge in [0.2, 0.25) is 5.16 Å². The highest BCUT2D eigenvalue weighted by Gasteiger charge is 2.26. The van der Waals surface area contributed by atoms with Gasteiger partial charge >= 0.3 is 5.97 Å². The van der Waals surface area contributed by atoms with Crippen LogP contribution in [-0.4, -0.2) is 32.8 Å². The molecule has 3 rings (SSSR count). The lowest BCUT2D eigenvalue weighted by Gasteiger charge is -2.15. The van der Waals surface area contributed by atoms with E-state index >= 15 is 0 Å². The third-order valence-electron chi connectivity index (χ3n) is 3.61. The SMILES string of the molecule is CCOC(=O)[C@@H](Sc1nnnn1-c1ccccc1C)c1ccccc1. The van der Waals surface area contributed by atoms with Crippen molar-refractivity contribution in [1.29, 1.82) is 0 Å². The number of thioether (sulfide) groups is 1. The minimum atomic E-state index is -0.532. The first-order chi connectivity index (χ1) is 12.2. The van der Waals surface area contributed by atoms with E-state index in [0.717, 1.165) is 16.8 Å². The molecule has 0 saturated carbocycles. The molecule has 1 aromatic heterocycles. The highest BCUT2D eigenvalue weighted by atomic mass is 32.2. The van der Waals surface area contributed by atoms with E-state index in [1.807, 2.05) is 61.5 Å². The summed E-state index contributed by atoms with van der Waals surface area (Å²) in [5, 5.41) is 12.0. The Kier molecular flexibility index (Phi) is 5.45. The average Bonchev–Trinajstić information content (AvgIpc) is 3.09. The second-order valence-electron chi connectivity index (χ2n) is 5.32. The van der Waals surface area contributed by atoms with Gasteiger partial charge in [-0.3, -0.25) is 4.79 Å². The first-order valence-electron chi connectivity index (χ1n) is 7.93. The Labute approximate surface area is 150 Å². The van der Waals surface area contributed by atoms with E-state index in [1.54, 1.807) is 11.6 Å². The van der Waals surface area contributed by atoms with Gasteiger partial charge in [0.05, 0.1) is 12.3 Å². The molecule has 0 fully saturated rings. The molecule has 0 amide bonds. The Morgan fingerprint density at radius 2 is 1.88 bits per heavy atom. The molecule has 0 unspecified atom stereocenters. The second-order valence-corrected chi connectivity index (χ2v) is 6.39. The Morgan fingerprint density at radius 1 is 1.16 bits per heavy atom. The van der Waals surface area contributed by atoms with Gasteiger partial charge in [0.15, 0.2) is 0 Å². The van der Waals surface area contributed by atoms with Gasteiger partial charge in [0.1, 0.15) is 5.25 Å². The van der Waals surface area contributed by atoms with Crippen LogP contribution >= 0.6 is 11.8 Å². The molecule has 0 spiro atoms. The molecule has 0 aliphatic heterocycles.